The number of methoxy groups -OCH3 is 2. The maximum atomic E-state index is 12.5. The molecule has 6 nitrogen and oxygen atoms in total. The summed E-state index contributed by atoms with van der Waals surface area (Å²) in [6, 6.07) is 9.56. The lowest BCUT2D eigenvalue weighted by Crippen LogP contribution is -2.22. The van der Waals surface area contributed by atoms with Gasteiger partial charge in [-0.2, -0.15) is 0 Å². The van der Waals surface area contributed by atoms with Crippen molar-refractivity contribution in [3.8, 4) is 5.75 Å². The molecule has 0 bridgehead atoms. The van der Waals surface area contributed by atoms with Crippen LogP contribution < -0.4 is 4.74 Å². The van der Waals surface area contributed by atoms with E-state index in [1.807, 2.05) is 54.6 Å². The molecule has 1 aromatic carbocycles. The summed E-state index contributed by atoms with van der Waals surface area (Å²) in [6.07, 6.45) is 10.0. The molecule has 1 N–H and O–H groups in total. The average molecular weight is 417 g/mol. The quantitative estimate of drug-likeness (QED) is 0.386. The van der Waals surface area contributed by atoms with E-state index in [0.29, 0.717) is 32.3 Å². The minimum Gasteiger partial charge on any atom is -0.491 e. The number of benzene rings is 1. The zero-order valence-corrected chi connectivity index (χ0v) is 17.7. The lowest BCUT2D eigenvalue weighted by Gasteiger charge is -2.20. The number of allylic oxidation sites excluding steroid dienone is 2. The number of ether oxygens (including phenoxy) is 3. The maximum absolute atomic E-state index is 12.5. The van der Waals surface area contributed by atoms with E-state index >= 15 is 0 Å². The van der Waals surface area contributed by atoms with Gasteiger partial charge in [0.2, 0.25) is 0 Å². The Balaban J connectivity index is 1.93. The Kier molecular flexibility index (Phi) is 10.3. The lowest BCUT2D eigenvalue weighted by atomic mass is 9.90. The molecule has 164 valence electrons. The van der Waals surface area contributed by atoms with Gasteiger partial charge in [0, 0.05) is 38.9 Å². The number of Topliss-reactive ketones (excluding diaryl/α,β-unsaturated/α-hetero) is 1. The van der Waals surface area contributed by atoms with E-state index in [4.69, 9.17) is 19.3 Å². The van der Waals surface area contributed by atoms with Gasteiger partial charge >= 0.3 is 5.97 Å². The second-order valence-corrected chi connectivity index (χ2v) is 7.40. The zero-order chi connectivity index (χ0) is 21.8. The van der Waals surface area contributed by atoms with E-state index in [-0.39, 0.29) is 36.2 Å². The molecule has 1 aromatic rings. The topological polar surface area (TPSA) is 82.1 Å². The van der Waals surface area contributed by atoms with Crippen LogP contribution in [0.15, 0.2) is 54.6 Å². The first-order valence-electron chi connectivity index (χ1n) is 10.4. The molecule has 1 aliphatic carbocycles. The van der Waals surface area contributed by atoms with Crippen molar-refractivity contribution in [1.82, 2.24) is 0 Å². The smallest absolute Gasteiger partial charge is 0.303 e. The van der Waals surface area contributed by atoms with Crippen molar-refractivity contribution >= 4 is 11.8 Å². The Morgan fingerprint density at radius 2 is 2.00 bits per heavy atom. The molecule has 0 amide bonds. The zero-order valence-electron chi connectivity index (χ0n) is 17.7. The fraction of sp³-hybridized carbons (Fsp3) is 0.500. The van der Waals surface area contributed by atoms with Crippen LogP contribution >= 0.6 is 0 Å². The fourth-order valence-electron chi connectivity index (χ4n) is 3.63. The van der Waals surface area contributed by atoms with Gasteiger partial charge in [0.15, 0.2) is 0 Å². The molecule has 2 rings (SSSR count). The number of carbonyl (C=O) groups excluding carboxylic acids is 1. The van der Waals surface area contributed by atoms with Crippen LogP contribution in [-0.2, 0) is 19.1 Å². The number of rotatable bonds is 13. The van der Waals surface area contributed by atoms with Crippen LogP contribution in [0.5, 0.6) is 5.75 Å². The van der Waals surface area contributed by atoms with Crippen molar-refractivity contribution in [2.24, 2.45) is 11.8 Å². The Bertz CT molecular complexity index is 712. The lowest BCUT2D eigenvalue weighted by molar-refractivity contribution is -0.137. The van der Waals surface area contributed by atoms with E-state index in [1.54, 1.807) is 14.2 Å². The van der Waals surface area contributed by atoms with E-state index in [1.165, 1.54) is 0 Å². The first-order chi connectivity index (χ1) is 14.5. The molecule has 1 aliphatic rings. The largest absolute Gasteiger partial charge is 0.491 e. The number of para-hydroxylation sites is 1. The Morgan fingerprint density at radius 1 is 1.23 bits per heavy atom. The van der Waals surface area contributed by atoms with Gasteiger partial charge in [-0.15, -0.1) is 0 Å². The number of unbranched alkanes of at least 4 members (excludes halogenated alkanes) is 1. The van der Waals surface area contributed by atoms with Gasteiger partial charge in [0.25, 0.3) is 0 Å². The predicted octanol–water partition coefficient (Wildman–Crippen LogP) is 4.06. The van der Waals surface area contributed by atoms with Crippen molar-refractivity contribution < 1.29 is 28.9 Å². The minimum absolute atomic E-state index is 0.0273. The number of carboxylic acid groups (broad SMARTS) is 1. The summed E-state index contributed by atoms with van der Waals surface area (Å²) in [7, 11) is 3.27. The number of carboxylic acids is 1. The first kappa shape index (κ1) is 23.8. The fourth-order valence-corrected chi connectivity index (χ4v) is 3.63. The van der Waals surface area contributed by atoms with Gasteiger partial charge in [0.05, 0.1) is 6.10 Å². The normalized spacial score (nSPS) is 22.7. The predicted molar refractivity (Wildman–Crippen MR) is 115 cm³/mol. The molecule has 0 aliphatic heterocycles. The molecular formula is C24H32O6. The third kappa shape index (κ3) is 7.76. The molecule has 1 saturated carbocycles. The molecule has 0 radical (unpaired) electrons. The number of hydrogen-bond donors (Lipinski definition) is 1. The van der Waals surface area contributed by atoms with E-state index in [2.05, 4.69) is 0 Å². The van der Waals surface area contributed by atoms with Crippen molar-refractivity contribution in [3.63, 3.8) is 0 Å². The molecule has 0 spiro atoms. The first-order valence-corrected chi connectivity index (χ1v) is 10.4. The molecule has 2 unspecified atom stereocenters. The van der Waals surface area contributed by atoms with Gasteiger partial charge in [-0.3, -0.25) is 9.59 Å². The molecule has 0 heterocycles. The van der Waals surface area contributed by atoms with Gasteiger partial charge in [-0.1, -0.05) is 42.5 Å². The van der Waals surface area contributed by atoms with Crippen LogP contribution in [0, 0.1) is 11.8 Å². The summed E-state index contributed by atoms with van der Waals surface area (Å²) >= 11 is 0. The Morgan fingerprint density at radius 3 is 2.67 bits per heavy atom. The highest BCUT2D eigenvalue weighted by Gasteiger charge is 2.40. The van der Waals surface area contributed by atoms with Crippen LogP contribution in [0.25, 0.3) is 0 Å². The summed E-state index contributed by atoms with van der Waals surface area (Å²) in [4.78, 5) is 23.1. The van der Waals surface area contributed by atoms with Crippen LogP contribution in [0.2, 0.25) is 0 Å². The molecular weight excluding hydrogens is 384 g/mol. The van der Waals surface area contributed by atoms with Gasteiger partial charge in [-0.05, 0) is 31.4 Å². The van der Waals surface area contributed by atoms with Gasteiger partial charge < -0.3 is 19.3 Å². The second kappa shape index (κ2) is 13.0. The summed E-state index contributed by atoms with van der Waals surface area (Å²) in [6.45, 7) is 0.378. The second-order valence-electron chi connectivity index (χ2n) is 7.40. The number of carbonyl (C=O) groups is 2. The monoisotopic (exact) mass is 416 g/mol. The SMILES string of the molecule is COC(C=C[C@H]1C(OC)CC(=O)[C@@H]1CC=CCCCC(=O)O)COc1ccccc1. The van der Waals surface area contributed by atoms with E-state index in [0.717, 1.165) is 5.75 Å². The van der Waals surface area contributed by atoms with E-state index < -0.39 is 5.97 Å². The van der Waals surface area contributed by atoms with Crippen molar-refractivity contribution in [2.45, 2.75) is 44.3 Å². The Labute approximate surface area is 178 Å². The molecule has 6 heteroatoms. The summed E-state index contributed by atoms with van der Waals surface area (Å²) in [5.41, 5.74) is 0. The van der Waals surface area contributed by atoms with Crippen LogP contribution in [0.3, 0.4) is 0 Å². The van der Waals surface area contributed by atoms with Crippen LogP contribution in [0.4, 0.5) is 0 Å². The highest BCUT2D eigenvalue weighted by molar-refractivity contribution is 5.84. The highest BCUT2D eigenvalue weighted by atomic mass is 16.5. The maximum Gasteiger partial charge on any atom is 0.303 e. The number of aliphatic carboxylic acids is 1. The average Bonchev–Trinajstić information content (AvgIpc) is 3.05. The van der Waals surface area contributed by atoms with Crippen LogP contribution in [0.1, 0.15) is 32.1 Å². The highest BCUT2D eigenvalue weighted by Crippen LogP contribution is 2.35. The minimum atomic E-state index is -0.786. The molecule has 0 aromatic heterocycles. The number of ketones is 1. The summed E-state index contributed by atoms with van der Waals surface area (Å²) in [5.74, 6) is 0.0207. The third-order valence-electron chi connectivity index (χ3n) is 5.34. The summed E-state index contributed by atoms with van der Waals surface area (Å²) < 4.78 is 16.8. The van der Waals surface area contributed by atoms with Crippen LogP contribution in [-0.4, -0.2) is 49.9 Å². The van der Waals surface area contributed by atoms with Crippen molar-refractivity contribution in [2.75, 3.05) is 20.8 Å². The summed E-state index contributed by atoms with van der Waals surface area (Å²) in [5, 5.41) is 8.69. The third-order valence-corrected chi connectivity index (χ3v) is 5.34. The van der Waals surface area contributed by atoms with Crippen molar-refractivity contribution in [3.05, 3.63) is 54.6 Å². The molecule has 30 heavy (non-hydrogen) atoms. The standard InChI is InChI=1S/C24H32O6/c1-28-19(17-30-18-10-6-5-7-11-18)14-15-21-20(22(25)16-23(21)29-2)12-8-3-4-9-13-24(26)27/h3,5-8,10-11,14-15,19-21,23H,4,9,12-13,16-17H2,1-2H3,(H,26,27)/t19?,20-,21-,23?/m1/s1. The molecule has 0 saturated heterocycles. The number of hydrogen-bond acceptors (Lipinski definition) is 5. The molecule has 4 atom stereocenters. The van der Waals surface area contributed by atoms with Crippen molar-refractivity contribution in [1.29, 1.82) is 0 Å². The van der Waals surface area contributed by atoms with E-state index in [9.17, 15) is 9.59 Å². The van der Waals surface area contributed by atoms with Gasteiger partial charge in [0.1, 0.15) is 24.2 Å². The van der Waals surface area contributed by atoms with Gasteiger partial charge in [-0.25, -0.2) is 0 Å². The molecule has 1 fully saturated rings. The Hall–Kier alpha value is -2.44.